The predicted molar refractivity (Wildman–Crippen MR) is 105 cm³/mol. The van der Waals surface area contributed by atoms with E-state index in [9.17, 15) is 0 Å². The van der Waals surface area contributed by atoms with Crippen molar-refractivity contribution in [3.05, 3.63) is 59.7 Å². The van der Waals surface area contributed by atoms with Crippen molar-refractivity contribution >= 4 is 22.7 Å². The van der Waals surface area contributed by atoms with Gasteiger partial charge in [0.2, 0.25) is 0 Å². The molecule has 25 heavy (non-hydrogen) atoms. The Hall–Kier alpha value is -2.20. The van der Waals surface area contributed by atoms with E-state index >= 15 is 0 Å². The molecule has 4 heteroatoms. The van der Waals surface area contributed by atoms with E-state index < -0.39 is 0 Å². The number of ether oxygens (including phenoxy) is 2. The lowest BCUT2D eigenvalue weighted by molar-refractivity contribution is 0.318. The summed E-state index contributed by atoms with van der Waals surface area (Å²) in [7, 11) is 1.69. The number of para-hydroxylation sites is 1. The molecule has 1 heterocycles. The topological polar surface area (TPSA) is 31.4 Å². The number of fused-ring (bicyclic) bond motifs is 1. The summed E-state index contributed by atoms with van der Waals surface area (Å²) < 4.78 is 11.2. The number of methoxy groups -OCH3 is 1. The van der Waals surface area contributed by atoms with Crippen molar-refractivity contribution in [1.82, 2.24) is 4.98 Å². The summed E-state index contributed by atoms with van der Waals surface area (Å²) in [5.74, 6) is 2.74. The first kappa shape index (κ1) is 17.6. The van der Waals surface area contributed by atoms with Gasteiger partial charge < -0.3 is 9.47 Å². The molecule has 130 valence electrons. The maximum Gasteiger partial charge on any atom is 0.145 e. The van der Waals surface area contributed by atoms with Crippen LogP contribution in [0.4, 0.5) is 0 Å². The summed E-state index contributed by atoms with van der Waals surface area (Å²) in [5.41, 5.74) is 3.38. The van der Waals surface area contributed by atoms with Gasteiger partial charge >= 0.3 is 0 Å². The normalized spacial score (nSPS) is 10.8. The highest BCUT2D eigenvalue weighted by Crippen LogP contribution is 2.29. The molecule has 0 aliphatic carbocycles. The quantitative estimate of drug-likeness (QED) is 0.419. The van der Waals surface area contributed by atoms with Gasteiger partial charge in [0.15, 0.2) is 0 Å². The van der Waals surface area contributed by atoms with Crippen molar-refractivity contribution in [3.63, 3.8) is 0 Å². The van der Waals surface area contributed by atoms with Gasteiger partial charge in [-0.05, 0) is 55.7 Å². The second-order valence-corrected chi connectivity index (χ2v) is 7.12. The van der Waals surface area contributed by atoms with Crippen LogP contribution < -0.4 is 9.47 Å². The molecule has 0 fully saturated rings. The summed E-state index contributed by atoms with van der Waals surface area (Å²) in [6.07, 6.45) is 0.975. The van der Waals surface area contributed by atoms with Crippen molar-refractivity contribution in [1.29, 1.82) is 0 Å². The third-order valence-electron chi connectivity index (χ3n) is 4.00. The molecule has 0 amide bonds. The number of aryl methyl sites for hydroxylation is 2. The zero-order valence-corrected chi connectivity index (χ0v) is 15.7. The Balaban J connectivity index is 1.58. The molecule has 2 aromatic carbocycles. The van der Waals surface area contributed by atoms with Gasteiger partial charge in [-0.15, -0.1) is 11.8 Å². The smallest absolute Gasteiger partial charge is 0.145 e. The number of aromatic nitrogens is 1. The Labute approximate surface area is 153 Å². The van der Waals surface area contributed by atoms with E-state index in [0.29, 0.717) is 6.61 Å². The van der Waals surface area contributed by atoms with Crippen molar-refractivity contribution < 1.29 is 9.47 Å². The van der Waals surface area contributed by atoms with Crippen molar-refractivity contribution in [3.8, 4) is 11.5 Å². The van der Waals surface area contributed by atoms with Gasteiger partial charge in [-0.3, -0.25) is 0 Å². The third-order valence-corrected chi connectivity index (χ3v) is 5.00. The standard InChI is InChI=1S/C21H23NO2S/c1-15-7-4-8-17(13-15)24-11-6-12-25-20-14-16(2)18-9-5-10-19(23-3)21(18)22-20/h4-5,7-10,13-14H,6,11-12H2,1-3H3. The maximum atomic E-state index is 5.80. The SMILES string of the molecule is COc1cccc2c(C)cc(SCCCOc3cccc(C)c3)nc12. The molecule has 0 N–H and O–H groups in total. The monoisotopic (exact) mass is 353 g/mol. The molecule has 0 saturated carbocycles. The van der Waals surface area contributed by atoms with E-state index in [2.05, 4.69) is 38.1 Å². The lowest BCUT2D eigenvalue weighted by Gasteiger charge is -2.10. The fraction of sp³-hybridized carbons (Fsp3) is 0.286. The number of nitrogens with zero attached hydrogens (tertiary/aromatic N) is 1. The number of hydrogen-bond donors (Lipinski definition) is 0. The second kappa shape index (κ2) is 8.26. The average Bonchev–Trinajstić information content (AvgIpc) is 2.61. The molecule has 0 radical (unpaired) electrons. The van der Waals surface area contributed by atoms with Crippen molar-refractivity contribution in [2.75, 3.05) is 19.5 Å². The first-order valence-electron chi connectivity index (χ1n) is 8.44. The van der Waals surface area contributed by atoms with Crippen LogP contribution in [0.5, 0.6) is 11.5 Å². The Morgan fingerprint density at radius 2 is 1.88 bits per heavy atom. The van der Waals surface area contributed by atoms with Gasteiger partial charge in [0.25, 0.3) is 0 Å². The molecular weight excluding hydrogens is 330 g/mol. The molecule has 3 aromatic rings. The van der Waals surface area contributed by atoms with Crippen LogP contribution in [-0.2, 0) is 0 Å². The molecule has 0 spiro atoms. The van der Waals surface area contributed by atoms with Gasteiger partial charge in [-0.1, -0.05) is 24.3 Å². The summed E-state index contributed by atoms with van der Waals surface area (Å²) in [6.45, 7) is 4.91. The second-order valence-electron chi connectivity index (χ2n) is 6.00. The molecule has 1 aromatic heterocycles. The summed E-state index contributed by atoms with van der Waals surface area (Å²) in [5, 5.41) is 2.18. The highest BCUT2D eigenvalue weighted by Gasteiger charge is 2.08. The van der Waals surface area contributed by atoms with E-state index in [1.807, 2.05) is 24.3 Å². The first-order valence-corrected chi connectivity index (χ1v) is 9.42. The Morgan fingerprint density at radius 1 is 1.04 bits per heavy atom. The van der Waals surface area contributed by atoms with E-state index in [1.54, 1.807) is 18.9 Å². The first-order chi connectivity index (χ1) is 12.2. The third kappa shape index (κ3) is 4.45. The van der Waals surface area contributed by atoms with Crippen molar-refractivity contribution in [2.45, 2.75) is 25.3 Å². The lowest BCUT2D eigenvalue weighted by atomic mass is 10.1. The summed E-state index contributed by atoms with van der Waals surface area (Å²) in [6, 6.07) is 16.4. The van der Waals surface area contributed by atoms with Crippen LogP contribution in [0.1, 0.15) is 17.5 Å². The fourth-order valence-electron chi connectivity index (χ4n) is 2.73. The highest BCUT2D eigenvalue weighted by atomic mass is 32.2. The number of hydrogen-bond acceptors (Lipinski definition) is 4. The molecule has 0 unspecified atom stereocenters. The van der Waals surface area contributed by atoms with Crippen LogP contribution in [-0.4, -0.2) is 24.5 Å². The van der Waals surface area contributed by atoms with Gasteiger partial charge in [-0.2, -0.15) is 0 Å². The molecule has 0 saturated heterocycles. The van der Waals surface area contributed by atoms with E-state index in [-0.39, 0.29) is 0 Å². The molecule has 0 aliphatic heterocycles. The maximum absolute atomic E-state index is 5.80. The zero-order valence-electron chi connectivity index (χ0n) is 14.9. The number of pyridine rings is 1. The minimum atomic E-state index is 0.715. The van der Waals surface area contributed by atoms with Gasteiger partial charge in [0, 0.05) is 11.1 Å². The zero-order chi connectivity index (χ0) is 17.6. The molecule has 3 nitrogen and oxygen atoms in total. The van der Waals surface area contributed by atoms with Crippen LogP contribution in [0, 0.1) is 13.8 Å². The minimum absolute atomic E-state index is 0.715. The summed E-state index contributed by atoms with van der Waals surface area (Å²) in [4.78, 5) is 4.77. The van der Waals surface area contributed by atoms with E-state index in [4.69, 9.17) is 14.5 Å². The van der Waals surface area contributed by atoms with Gasteiger partial charge in [-0.25, -0.2) is 4.98 Å². The Kier molecular flexibility index (Phi) is 5.82. The molecule has 0 atom stereocenters. The molecule has 3 rings (SSSR count). The fourth-order valence-corrected chi connectivity index (χ4v) is 3.62. The summed E-state index contributed by atoms with van der Waals surface area (Å²) >= 11 is 1.76. The minimum Gasteiger partial charge on any atom is -0.494 e. The van der Waals surface area contributed by atoms with Crippen LogP contribution in [0.15, 0.2) is 53.6 Å². The average molecular weight is 353 g/mol. The van der Waals surface area contributed by atoms with Crippen LogP contribution in [0.25, 0.3) is 10.9 Å². The largest absolute Gasteiger partial charge is 0.494 e. The van der Waals surface area contributed by atoms with Crippen LogP contribution in [0.3, 0.4) is 0 Å². The van der Waals surface area contributed by atoms with E-state index in [0.717, 1.165) is 39.6 Å². The molecule has 0 bridgehead atoms. The van der Waals surface area contributed by atoms with Gasteiger partial charge in [0.05, 0.1) is 18.7 Å². The van der Waals surface area contributed by atoms with Crippen LogP contribution >= 0.6 is 11.8 Å². The lowest BCUT2D eigenvalue weighted by Crippen LogP contribution is -1.99. The predicted octanol–water partition coefficient (Wildman–Crippen LogP) is 5.42. The number of benzene rings is 2. The number of thioether (sulfide) groups is 1. The molecular formula is C21H23NO2S. The van der Waals surface area contributed by atoms with E-state index in [1.165, 1.54) is 11.1 Å². The molecule has 0 aliphatic rings. The van der Waals surface area contributed by atoms with Crippen LogP contribution in [0.2, 0.25) is 0 Å². The van der Waals surface area contributed by atoms with Gasteiger partial charge in [0.1, 0.15) is 17.0 Å². The Bertz CT molecular complexity index is 864. The highest BCUT2D eigenvalue weighted by molar-refractivity contribution is 7.99. The van der Waals surface area contributed by atoms with Crippen molar-refractivity contribution in [2.24, 2.45) is 0 Å². The number of rotatable bonds is 7. The Morgan fingerprint density at radius 3 is 2.68 bits per heavy atom.